The Morgan fingerprint density at radius 1 is 1.29 bits per heavy atom. The van der Waals surface area contributed by atoms with Gasteiger partial charge in [-0.3, -0.25) is 4.90 Å². The van der Waals surface area contributed by atoms with Crippen LogP contribution in [0, 0.1) is 5.82 Å². The van der Waals surface area contributed by atoms with Gasteiger partial charge in [0.15, 0.2) is 0 Å². The number of nitrogens with zero attached hydrogens (tertiary/aromatic N) is 1. The summed E-state index contributed by atoms with van der Waals surface area (Å²) in [5.74, 6) is -0.231. The van der Waals surface area contributed by atoms with E-state index in [2.05, 4.69) is 37.9 Å². The smallest absolute Gasteiger partial charge is 0.123 e. The lowest BCUT2D eigenvalue weighted by Crippen LogP contribution is -2.59. The lowest BCUT2D eigenvalue weighted by molar-refractivity contribution is 0.0730. The zero-order valence-corrected chi connectivity index (χ0v) is 14.6. The molecule has 0 radical (unpaired) electrons. The van der Waals surface area contributed by atoms with Crippen LogP contribution in [0.2, 0.25) is 5.02 Å². The van der Waals surface area contributed by atoms with Crippen molar-refractivity contribution in [3.8, 4) is 0 Å². The van der Waals surface area contributed by atoms with Crippen LogP contribution < -0.4 is 5.32 Å². The first-order valence-electron chi connectivity index (χ1n) is 7.79. The van der Waals surface area contributed by atoms with Gasteiger partial charge in [-0.05, 0) is 63.7 Å². The number of nitrogens with one attached hydrogen (secondary N) is 1. The molecule has 0 spiro atoms. The van der Waals surface area contributed by atoms with Crippen molar-refractivity contribution in [3.05, 3.63) is 34.6 Å². The molecule has 1 rings (SSSR count). The Bertz CT molecular complexity index is 448. The quantitative estimate of drug-likeness (QED) is 0.776. The summed E-state index contributed by atoms with van der Waals surface area (Å²) in [6, 6.07) is 4.80. The van der Waals surface area contributed by atoms with Gasteiger partial charge in [-0.1, -0.05) is 32.4 Å². The molecule has 120 valence electrons. The molecule has 21 heavy (non-hydrogen) atoms. The fourth-order valence-electron chi connectivity index (χ4n) is 3.19. The van der Waals surface area contributed by atoms with Gasteiger partial charge >= 0.3 is 0 Å². The first-order chi connectivity index (χ1) is 9.92. The zero-order chi connectivity index (χ0) is 16.0. The Morgan fingerprint density at radius 3 is 2.38 bits per heavy atom. The molecule has 0 aliphatic rings. The van der Waals surface area contributed by atoms with Crippen LogP contribution in [0.1, 0.15) is 39.7 Å². The summed E-state index contributed by atoms with van der Waals surface area (Å²) in [7, 11) is 1.97. The van der Waals surface area contributed by atoms with Crippen LogP contribution >= 0.6 is 11.6 Å². The van der Waals surface area contributed by atoms with Crippen LogP contribution in [0.15, 0.2) is 18.2 Å². The second kappa shape index (κ2) is 8.11. The van der Waals surface area contributed by atoms with Crippen LogP contribution in [0.5, 0.6) is 0 Å². The number of likely N-dealkylation sites (N-methyl/N-ethyl adjacent to an activating group) is 2. The molecule has 0 aromatic heterocycles. The highest BCUT2D eigenvalue weighted by Crippen LogP contribution is 2.28. The molecule has 0 bridgehead atoms. The van der Waals surface area contributed by atoms with Crippen molar-refractivity contribution >= 4 is 11.6 Å². The van der Waals surface area contributed by atoms with E-state index < -0.39 is 0 Å². The Kier molecular flexibility index (Phi) is 7.11. The fourth-order valence-corrected chi connectivity index (χ4v) is 3.38. The van der Waals surface area contributed by atoms with E-state index in [-0.39, 0.29) is 17.4 Å². The third-order valence-corrected chi connectivity index (χ3v) is 5.10. The summed E-state index contributed by atoms with van der Waals surface area (Å²) in [6.07, 6.45) is 1.74. The van der Waals surface area contributed by atoms with Gasteiger partial charge in [-0.25, -0.2) is 4.39 Å². The van der Waals surface area contributed by atoms with Gasteiger partial charge in [0.05, 0.1) is 0 Å². The molecule has 0 aliphatic heterocycles. The number of benzene rings is 1. The maximum absolute atomic E-state index is 13.5. The maximum atomic E-state index is 13.5. The van der Waals surface area contributed by atoms with Crippen molar-refractivity contribution in [3.63, 3.8) is 0 Å². The number of halogens is 2. The largest absolute Gasteiger partial charge is 0.315 e. The number of rotatable bonds is 8. The summed E-state index contributed by atoms with van der Waals surface area (Å²) in [6.45, 7) is 10.8. The SMILES string of the molecule is CCN(CC)C(C)(CC)C(Cc1cc(F)ccc1Cl)NC. The van der Waals surface area contributed by atoms with E-state index in [1.807, 2.05) is 7.05 Å². The summed E-state index contributed by atoms with van der Waals surface area (Å²) in [5.41, 5.74) is 0.872. The molecule has 0 saturated carbocycles. The van der Waals surface area contributed by atoms with E-state index in [1.54, 1.807) is 12.1 Å². The van der Waals surface area contributed by atoms with Gasteiger partial charge < -0.3 is 5.32 Å². The Balaban J connectivity index is 3.07. The Labute approximate surface area is 133 Å². The fraction of sp³-hybridized carbons (Fsp3) is 0.647. The Morgan fingerprint density at radius 2 is 1.90 bits per heavy atom. The number of hydrogen-bond donors (Lipinski definition) is 1. The van der Waals surface area contributed by atoms with E-state index in [4.69, 9.17) is 11.6 Å². The first kappa shape index (κ1) is 18.4. The maximum Gasteiger partial charge on any atom is 0.123 e. The van der Waals surface area contributed by atoms with E-state index in [0.29, 0.717) is 11.4 Å². The van der Waals surface area contributed by atoms with Gasteiger partial charge in [0.1, 0.15) is 5.82 Å². The van der Waals surface area contributed by atoms with Gasteiger partial charge in [0, 0.05) is 16.6 Å². The molecule has 2 nitrogen and oxygen atoms in total. The minimum Gasteiger partial charge on any atom is -0.315 e. The second-order valence-corrected chi connectivity index (χ2v) is 6.07. The molecular formula is C17H28ClFN2. The standard InChI is InChI=1S/C17H28ClFN2/c1-6-17(4,21(7-2)8-3)16(20-5)12-13-11-14(19)9-10-15(13)18/h9-11,16,20H,6-8,12H2,1-5H3. The predicted octanol–water partition coefficient (Wildman–Crippen LogP) is 4.12. The van der Waals surface area contributed by atoms with E-state index >= 15 is 0 Å². The van der Waals surface area contributed by atoms with Crippen molar-refractivity contribution in [1.82, 2.24) is 10.2 Å². The lowest BCUT2D eigenvalue weighted by Gasteiger charge is -2.46. The molecular weight excluding hydrogens is 287 g/mol. The third-order valence-electron chi connectivity index (χ3n) is 4.73. The average molecular weight is 315 g/mol. The van der Waals surface area contributed by atoms with Crippen LogP contribution in [0.25, 0.3) is 0 Å². The van der Waals surface area contributed by atoms with Gasteiger partial charge in [-0.2, -0.15) is 0 Å². The van der Waals surface area contributed by atoms with Crippen LogP contribution in [0.3, 0.4) is 0 Å². The van der Waals surface area contributed by atoms with Gasteiger partial charge in [0.2, 0.25) is 0 Å². The minimum absolute atomic E-state index is 0.00783. The van der Waals surface area contributed by atoms with E-state index in [9.17, 15) is 4.39 Å². The molecule has 1 N–H and O–H groups in total. The molecule has 0 aliphatic carbocycles. The van der Waals surface area contributed by atoms with Crippen molar-refractivity contribution in [2.75, 3.05) is 20.1 Å². The van der Waals surface area contributed by atoms with E-state index in [0.717, 1.165) is 25.1 Å². The lowest BCUT2D eigenvalue weighted by atomic mass is 9.83. The average Bonchev–Trinajstić information content (AvgIpc) is 2.48. The van der Waals surface area contributed by atoms with Crippen molar-refractivity contribution in [2.24, 2.45) is 0 Å². The summed E-state index contributed by atoms with van der Waals surface area (Å²) < 4.78 is 13.5. The Hall–Kier alpha value is -0.640. The molecule has 2 atom stereocenters. The normalized spacial score (nSPS) is 16.0. The molecule has 0 heterocycles. The highest BCUT2D eigenvalue weighted by atomic mass is 35.5. The van der Waals surface area contributed by atoms with Crippen LogP contribution in [-0.2, 0) is 6.42 Å². The molecule has 1 aromatic rings. The predicted molar refractivity (Wildman–Crippen MR) is 89.6 cm³/mol. The molecule has 1 aromatic carbocycles. The first-order valence-corrected chi connectivity index (χ1v) is 8.16. The van der Waals surface area contributed by atoms with E-state index in [1.165, 1.54) is 6.07 Å². The topological polar surface area (TPSA) is 15.3 Å². The molecule has 0 saturated heterocycles. The van der Waals surface area contributed by atoms with Crippen molar-refractivity contribution in [2.45, 2.75) is 52.1 Å². The highest BCUT2D eigenvalue weighted by molar-refractivity contribution is 6.31. The summed E-state index contributed by atoms with van der Waals surface area (Å²) in [5, 5.41) is 4.05. The summed E-state index contributed by atoms with van der Waals surface area (Å²) >= 11 is 6.23. The van der Waals surface area contributed by atoms with Gasteiger partial charge in [-0.15, -0.1) is 0 Å². The molecule has 0 amide bonds. The molecule has 2 unspecified atom stereocenters. The monoisotopic (exact) mass is 314 g/mol. The van der Waals surface area contributed by atoms with Crippen molar-refractivity contribution < 1.29 is 4.39 Å². The van der Waals surface area contributed by atoms with Crippen LogP contribution in [0.4, 0.5) is 4.39 Å². The van der Waals surface area contributed by atoms with Crippen molar-refractivity contribution in [1.29, 1.82) is 0 Å². The van der Waals surface area contributed by atoms with Crippen LogP contribution in [-0.4, -0.2) is 36.6 Å². The highest BCUT2D eigenvalue weighted by Gasteiger charge is 2.36. The number of hydrogen-bond acceptors (Lipinski definition) is 2. The summed E-state index contributed by atoms with van der Waals surface area (Å²) in [4.78, 5) is 2.46. The van der Waals surface area contributed by atoms with Gasteiger partial charge in [0.25, 0.3) is 0 Å². The third kappa shape index (κ3) is 4.18. The molecule has 0 fully saturated rings. The second-order valence-electron chi connectivity index (χ2n) is 5.66. The zero-order valence-electron chi connectivity index (χ0n) is 13.8. The minimum atomic E-state index is -0.231. The molecule has 4 heteroatoms.